The molecule has 0 aromatic heterocycles. The molecule has 0 heterocycles. The monoisotopic (exact) mass is 326 g/mol. The van der Waals surface area contributed by atoms with Crippen LogP contribution in [0.5, 0.6) is 0 Å². The van der Waals surface area contributed by atoms with Crippen molar-refractivity contribution < 1.29 is 18.3 Å². The Bertz CT molecular complexity index is 374. The molecule has 0 aromatic rings. The van der Waals surface area contributed by atoms with Crippen LogP contribution in [0.1, 0.15) is 33.1 Å². The van der Waals surface area contributed by atoms with Gasteiger partial charge < -0.3 is 10.4 Å². The molecule has 0 fully saturated rings. The van der Waals surface area contributed by atoms with E-state index in [1.165, 1.54) is 6.92 Å². The molecule has 0 radical (unpaired) electrons. The third-order valence-electron chi connectivity index (χ3n) is 2.95. The SMILES string of the molecule is CCC(CCO)NC(=O)C(CCSC)NS(=O)(=O)CC. The van der Waals surface area contributed by atoms with Crippen LogP contribution in [0.15, 0.2) is 0 Å². The van der Waals surface area contributed by atoms with Gasteiger partial charge in [0.25, 0.3) is 0 Å². The van der Waals surface area contributed by atoms with Crippen molar-refractivity contribution in [3.05, 3.63) is 0 Å². The third kappa shape index (κ3) is 8.08. The highest BCUT2D eigenvalue weighted by Gasteiger charge is 2.24. The molecule has 0 rings (SSSR count). The van der Waals surface area contributed by atoms with Crippen molar-refractivity contribution in [2.45, 2.75) is 45.2 Å². The van der Waals surface area contributed by atoms with Gasteiger partial charge in [0.1, 0.15) is 6.04 Å². The first-order valence-electron chi connectivity index (χ1n) is 6.80. The van der Waals surface area contributed by atoms with Crippen LogP contribution in [0.3, 0.4) is 0 Å². The lowest BCUT2D eigenvalue weighted by Gasteiger charge is -2.22. The summed E-state index contributed by atoms with van der Waals surface area (Å²) in [5.74, 6) is 0.321. The molecule has 120 valence electrons. The third-order valence-corrected chi connectivity index (χ3v) is 4.99. The molecular weight excluding hydrogens is 300 g/mol. The van der Waals surface area contributed by atoms with E-state index < -0.39 is 16.1 Å². The summed E-state index contributed by atoms with van der Waals surface area (Å²) in [7, 11) is -3.42. The molecule has 3 N–H and O–H groups in total. The molecule has 0 aliphatic heterocycles. The predicted octanol–water partition coefficient (Wildman–Crippen LogP) is 0.325. The van der Waals surface area contributed by atoms with E-state index in [0.717, 1.165) is 0 Å². The van der Waals surface area contributed by atoms with Gasteiger partial charge in [-0.05, 0) is 38.2 Å². The molecule has 20 heavy (non-hydrogen) atoms. The van der Waals surface area contributed by atoms with E-state index in [-0.39, 0.29) is 24.3 Å². The summed E-state index contributed by atoms with van der Waals surface area (Å²) in [5, 5.41) is 11.7. The first-order chi connectivity index (χ1) is 9.40. The van der Waals surface area contributed by atoms with Crippen LogP contribution >= 0.6 is 11.8 Å². The van der Waals surface area contributed by atoms with Crippen LogP contribution in [0.2, 0.25) is 0 Å². The molecule has 6 nitrogen and oxygen atoms in total. The largest absolute Gasteiger partial charge is 0.396 e. The standard InChI is InChI=1S/C12H26N2O4S2/c1-4-10(6-8-15)13-12(16)11(7-9-19-3)14-20(17,18)5-2/h10-11,14-15H,4-9H2,1-3H3,(H,13,16). The zero-order valence-corrected chi connectivity index (χ0v) is 14.0. The van der Waals surface area contributed by atoms with Gasteiger partial charge in [0.05, 0.1) is 5.75 Å². The Labute approximate surface area is 126 Å². The number of hydrogen-bond donors (Lipinski definition) is 3. The quantitative estimate of drug-likeness (QED) is 0.508. The lowest BCUT2D eigenvalue weighted by molar-refractivity contribution is -0.123. The van der Waals surface area contributed by atoms with Crippen molar-refractivity contribution in [2.24, 2.45) is 0 Å². The summed E-state index contributed by atoms with van der Waals surface area (Å²) in [6.45, 7) is 3.44. The van der Waals surface area contributed by atoms with Crippen molar-refractivity contribution in [3.63, 3.8) is 0 Å². The lowest BCUT2D eigenvalue weighted by Crippen LogP contribution is -2.50. The number of aliphatic hydroxyl groups is 1. The van der Waals surface area contributed by atoms with E-state index in [0.29, 0.717) is 25.0 Å². The van der Waals surface area contributed by atoms with Crippen molar-refractivity contribution >= 4 is 27.7 Å². The maximum absolute atomic E-state index is 12.2. The van der Waals surface area contributed by atoms with Crippen LogP contribution < -0.4 is 10.0 Å². The van der Waals surface area contributed by atoms with Gasteiger partial charge in [-0.3, -0.25) is 4.79 Å². The Kier molecular flexibility index (Phi) is 10.3. The number of amides is 1. The summed E-state index contributed by atoms with van der Waals surface area (Å²) >= 11 is 1.56. The average molecular weight is 326 g/mol. The number of carbonyl (C=O) groups excluding carboxylic acids is 1. The molecule has 0 saturated heterocycles. The number of nitrogens with one attached hydrogen (secondary N) is 2. The van der Waals surface area contributed by atoms with Gasteiger partial charge in [0, 0.05) is 12.6 Å². The first-order valence-corrected chi connectivity index (χ1v) is 9.84. The van der Waals surface area contributed by atoms with E-state index in [1.807, 2.05) is 13.2 Å². The first kappa shape index (κ1) is 19.7. The highest BCUT2D eigenvalue weighted by molar-refractivity contribution is 7.98. The van der Waals surface area contributed by atoms with Gasteiger partial charge in [0.15, 0.2) is 0 Å². The molecule has 0 aliphatic rings. The Balaban J connectivity index is 4.71. The number of sulfonamides is 1. The number of hydrogen-bond acceptors (Lipinski definition) is 5. The minimum absolute atomic E-state index is 0.00501. The van der Waals surface area contributed by atoms with Crippen LogP contribution in [0.25, 0.3) is 0 Å². The highest BCUT2D eigenvalue weighted by Crippen LogP contribution is 2.05. The van der Waals surface area contributed by atoms with Crippen LogP contribution in [0, 0.1) is 0 Å². The van der Waals surface area contributed by atoms with Gasteiger partial charge in [0.2, 0.25) is 15.9 Å². The van der Waals surface area contributed by atoms with E-state index in [9.17, 15) is 13.2 Å². The summed E-state index contributed by atoms with van der Waals surface area (Å²) in [6, 6.07) is -0.879. The molecule has 0 aromatic carbocycles. The van der Waals surface area contributed by atoms with E-state index >= 15 is 0 Å². The normalized spacial score (nSPS) is 14.8. The minimum atomic E-state index is -3.42. The maximum Gasteiger partial charge on any atom is 0.238 e. The second-order valence-corrected chi connectivity index (χ2v) is 7.51. The summed E-state index contributed by atoms with van der Waals surface area (Å²) < 4.78 is 25.7. The second-order valence-electron chi connectivity index (χ2n) is 4.48. The molecule has 0 spiro atoms. The van der Waals surface area contributed by atoms with Crippen LogP contribution in [0.4, 0.5) is 0 Å². The highest BCUT2D eigenvalue weighted by atomic mass is 32.2. The zero-order chi connectivity index (χ0) is 15.6. The van der Waals surface area contributed by atoms with E-state index in [1.54, 1.807) is 11.8 Å². The van der Waals surface area contributed by atoms with E-state index in [4.69, 9.17) is 5.11 Å². The maximum atomic E-state index is 12.2. The zero-order valence-electron chi connectivity index (χ0n) is 12.4. The Morgan fingerprint density at radius 3 is 2.40 bits per heavy atom. The van der Waals surface area contributed by atoms with Gasteiger partial charge >= 0.3 is 0 Å². The van der Waals surface area contributed by atoms with Gasteiger partial charge in [-0.25, -0.2) is 13.1 Å². The van der Waals surface area contributed by atoms with Crippen molar-refractivity contribution in [1.82, 2.24) is 10.0 Å². The minimum Gasteiger partial charge on any atom is -0.396 e. The molecule has 0 bridgehead atoms. The number of carbonyl (C=O) groups is 1. The lowest BCUT2D eigenvalue weighted by atomic mass is 10.1. The van der Waals surface area contributed by atoms with Crippen molar-refractivity contribution in [1.29, 1.82) is 0 Å². The molecule has 2 atom stereocenters. The van der Waals surface area contributed by atoms with Crippen molar-refractivity contribution in [2.75, 3.05) is 24.4 Å². The smallest absolute Gasteiger partial charge is 0.238 e. The molecule has 2 unspecified atom stereocenters. The molecular formula is C12H26N2O4S2. The second kappa shape index (κ2) is 10.4. The number of thioether (sulfide) groups is 1. The van der Waals surface area contributed by atoms with Crippen LogP contribution in [-0.2, 0) is 14.8 Å². The fourth-order valence-corrected chi connectivity index (χ4v) is 2.91. The van der Waals surface area contributed by atoms with Gasteiger partial charge in [-0.2, -0.15) is 11.8 Å². The van der Waals surface area contributed by atoms with Gasteiger partial charge in [-0.15, -0.1) is 0 Å². The summed E-state index contributed by atoms with van der Waals surface area (Å²) in [5.41, 5.74) is 0. The van der Waals surface area contributed by atoms with Crippen molar-refractivity contribution in [3.8, 4) is 0 Å². The summed E-state index contributed by atoms with van der Waals surface area (Å²) in [6.07, 6.45) is 3.52. The average Bonchev–Trinajstić information content (AvgIpc) is 2.42. The topological polar surface area (TPSA) is 95.5 Å². The fraction of sp³-hybridized carbons (Fsp3) is 0.917. The summed E-state index contributed by atoms with van der Waals surface area (Å²) in [4.78, 5) is 12.2. The fourth-order valence-electron chi connectivity index (χ4n) is 1.62. The Morgan fingerprint density at radius 2 is 1.95 bits per heavy atom. The molecule has 0 saturated carbocycles. The molecule has 1 amide bonds. The predicted molar refractivity (Wildman–Crippen MR) is 83.3 cm³/mol. The van der Waals surface area contributed by atoms with Crippen LogP contribution in [-0.4, -0.2) is 55.9 Å². The van der Waals surface area contributed by atoms with E-state index in [2.05, 4.69) is 10.0 Å². The number of aliphatic hydroxyl groups excluding tert-OH is 1. The molecule has 8 heteroatoms. The Morgan fingerprint density at radius 1 is 1.30 bits per heavy atom. The number of rotatable bonds is 11. The van der Waals surface area contributed by atoms with Gasteiger partial charge in [-0.1, -0.05) is 6.92 Å². The molecule has 0 aliphatic carbocycles. The Hall–Kier alpha value is -0.310.